The van der Waals surface area contributed by atoms with Gasteiger partial charge in [0.15, 0.2) is 5.58 Å². The Bertz CT molecular complexity index is 3110. The fourth-order valence-electron chi connectivity index (χ4n) is 7.89. The molecule has 234 valence electrons. The van der Waals surface area contributed by atoms with E-state index in [1.54, 1.807) is 0 Å². The largest absolute Gasteiger partial charge is 0.454 e. The van der Waals surface area contributed by atoms with Crippen molar-refractivity contribution in [2.45, 2.75) is 0 Å². The molecule has 0 aliphatic heterocycles. The van der Waals surface area contributed by atoms with Gasteiger partial charge in [0.1, 0.15) is 5.58 Å². The first-order valence-electron chi connectivity index (χ1n) is 16.9. The van der Waals surface area contributed by atoms with Gasteiger partial charge in [-0.25, -0.2) is 0 Å². The van der Waals surface area contributed by atoms with Crippen LogP contribution in [0.2, 0.25) is 0 Å². The Morgan fingerprint density at radius 1 is 0.440 bits per heavy atom. The molecule has 0 amide bonds. The van der Waals surface area contributed by atoms with Crippen molar-refractivity contribution in [3.8, 4) is 5.69 Å². The van der Waals surface area contributed by atoms with Gasteiger partial charge in [-0.2, -0.15) is 0 Å². The number of anilines is 3. The van der Waals surface area contributed by atoms with Crippen LogP contribution in [-0.2, 0) is 0 Å². The molecule has 0 spiro atoms. The van der Waals surface area contributed by atoms with Crippen molar-refractivity contribution in [3.05, 3.63) is 170 Å². The van der Waals surface area contributed by atoms with E-state index in [-0.39, 0.29) is 0 Å². The third-order valence-corrected chi connectivity index (χ3v) is 11.3. The Morgan fingerprint density at radius 3 is 2.08 bits per heavy atom. The summed E-state index contributed by atoms with van der Waals surface area (Å²) in [6.45, 7) is 0. The van der Waals surface area contributed by atoms with Crippen LogP contribution in [-0.4, -0.2) is 4.57 Å². The van der Waals surface area contributed by atoms with Gasteiger partial charge in [-0.3, -0.25) is 0 Å². The number of aromatic nitrogens is 1. The number of furan rings is 1. The summed E-state index contributed by atoms with van der Waals surface area (Å²) in [5.41, 5.74) is 8.44. The van der Waals surface area contributed by atoms with Crippen molar-refractivity contribution >= 4 is 103 Å². The SMILES string of the molecule is c1ccc(-n2c3ccccc3c3cc(N(c4ccc5cc6sc7ccccc7c6cc5c4)c4cccc5c4oc4ccccc45)ccc32)cc1. The number of rotatable bonds is 4. The second-order valence-corrected chi connectivity index (χ2v) is 14.0. The standard InChI is InChI=1S/C46H28N2OS/c1-2-11-31(12-3-1)48-40-17-7-4-13-34(40)38-28-33(23-24-41(38)48)47(42-18-10-16-37-35-14-5-8-19-43(35)49-46(37)42)32-22-21-29-27-45-39(26-30(29)25-32)36-15-6-9-20-44(36)50-45/h1-28H. The number of hydrogen-bond donors (Lipinski definition) is 0. The number of benzene rings is 8. The number of thiophene rings is 1. The highest BCUT2D eigenvalue weighted by molar-refractivity contribution is 7.25. The van der Waals surface area contributed by atoms with Crippen LogP contribution in [0.15, 0.2) is 174 Å². The summed E-state index contributed by atoms with van der Waals surface area (Å²) in [5, 5.41) is 9.71. The van der Waals surface area contributed by atoms with Gasteiger partial charge in [0.2, 0.25) is 0 Å². The van der Waals surface area contributed by atoms with E-state index in [2.05, 4.69) is 173 Å². The first-order valence-corrected chi connectivity index (χ1v) is 17.7. The van der Waals surface area contributed by atoms with Crippen LogP contribution in [0.25, 0.3) is 80.4 Å². The fraction of sp³-hybridized carbons (Fsp3) is 0. The summed E-state index contributed by atoms with van der Waals surface area (Å²) < 4.78 is 11.7. The Balaban J connectivity index is 1.19. The van der Waals surface area contributed by atoms with Gasteiger partial charge < -0.3 is 13.9 Å². The smallest absolute Gasteiger partial charge is 0.159 e. The molecule has 4 heteroatoms. The fourth-order valence-corrected chi connectivity index (χ4v) is 9.02. The lowest BCUT2D eigenvalue weighted by Gasteiger charge is -2.26. The molecule has 3 heterocycles. The number of hydrogen-bond acceptors (Lipinski definition) is 3. The minimum atomic E-state index is 0.875. The topological polar surface area (TPSA) is 21.3 Å². The minimum absolute atomic E-state index is 0.875. The Kier molecular flexibility index (Phi) is 5.83. The molecule has 0 aliphatic rings. The molecule has 0 unspecified atom stereocenters. The van der Waals surface area contributed by atoms with E-state index in [0.717, 1.165) is 44.7 Å². The van der Waals surface area contributed by atoms with Crippen molar-refractivity contribution in [2.24, 2.45) is 0 Å². The van der Waals surface area contributed by atoms with Crippen molar-refractivity contribution < 1.29 is 4.42 Å². The van der Waals surface area contributed by atoms with Crippen LogP contribution in [0.4, 0.5) is 17.1 Å². The molecule has 0 atom stereocenters. The normalized spacial score (nSPS) is 12.0. The molecule has 3 aromatic heterocycles. The zero-order valence-corrected chi connectivity index (χ0v) is 27.7. The van der Waals surface area contributed by atoms with E-state index in [0.29, 0.717) is 0 Å². The predicted molar refractivity (Wildman–Crippen MR) is 213 cm³/mol. The second kappa shape index (κ2) is 10.6. The van der Waals surface area contributed by atoms with Crippen molar-refractivity contribution in [1.82, 2.24) is 4.57 Å². The Morgan fingerprint density at radius 2 is 1.16 bits per heavy atom. The van der Waals surface area contributed by atoms with E-state index < -0.39 is 0 Å². The summed E-state index contributed by atoms with van der Waals surface area (Å²) in [4.78, 5) is 2.37. The minimum Gasteiger partial charge on any atom is -0.454 e. The molecule has 0 fully saturated rings. The Hall–Kier alpha value is -6.36. The van der Waals surface area contributed by atoms with Gasteiger partial charge in [-0.1, -0.05) is 91.0 Å². The van der Waals surface area contributed by atoms with Crippen molar-refractivity contribution in [3.63, 3.8) is 0 Å². The highest BCUT2D eigenvalue weighted by atomic mass is 32.1. The summed E-state index contributed by atoms with van der Waals surface area (Å²) in [6, 6.07) is 61.3. The maximum Gasteiger partial charge on any atom is 0.159 e. The quantitative estimate of drug-likeness (QED) is 0.188. The number of nitrogens with zero attached hydrogens (tertiary/aromatic N) is 2. The van der Waals surface area contributed by atoms with Crippen LogP contribution in [0.1, 0.15) is 0 Å². The van der Waals surface area contributed by atoms with Crippen LogP contribution < -0.4 is 4.90 Å². The van der Waals surface area contributed by atoms with E-state index in [1.807, 2.05) is 17.4 Å². The molecule has 0 saturated heterocycles. The second-order valence-electron chi connectivity index (χ2n) is 13.0. The highest BCUT2D eigenvalue weighted by Crippen LogP contribution is 2.45. The first-order chi connectivity index (χ1) is 24.8. The van der Waals surface area contributed by atoms with Crippen molar-refractivity contribution in [2.75, 3.05) is 4.90 Å². The van der Waals surface area contributed by atoms with Crippen molar-refractivity contribution in [1.29, 1.82) is 0 Å². The maximum atomic E-state index is 6.67. The average Bonchev–Trinajstić information content (AvgIpc) is 3.84. The highest BCUT2D eigenvalue weighted by Gasteiger charge is 2.22. The van der Waals surface area contributed by atoms with Gasteiger partial charge in [-0.05, 0) is 89.6 Å². The van der Waals surface area contributed by atoms with E-state index in [9.17, 15) is 0 Å². The molecule has 0 N–H and O–H groups in total. The van der Waals surface area contributed by atoms with Crippen LogP contribution in [0, 0.1) is 0 Å². The molecule has 50 heavy (non-hydrogen) atoms. The first kappa shape index (κ1) is 27.6. The summed E-state index contributed by atoms with van der Waals surface area (Å²) in [7, 11) is 0. The van der Waals surface area contributed by atoms with E-state index in [1.165, 1.54) is 52.8 Å². The molecule has 11 rings (SSSR count). The van der Waals surface area contributed by atoms with Gasteiger partial charge in [0.25, 0.3) is 0 Å². The summed E-state index contributed by atoms with van der Waals surface area (Å²) >= 11 is 1.86. The lowest BCUT2D eigenvalue weighted by Crippen LogP contribution is -2.10. The lowest BCUT2D eigenvalue weighted by atomic mass is 10.0. The third kappa shape index (κ3) is 4.03. The molecule has 0 saturated carbocycles. The van der Waals surface area contributed by atoms with Crippen LogP contribution in [0.3, 0.4) is 0 Å². The molecular weight excluding hydrogens is 629 g/mol. The van der Waals surface area contributed by atoms with Gasteiger partial charge in [0, 0.05) is 58.8 Å². The third-order valence-electron chi connectivity index (χ3n) is 10.1. The lowest BCUT2D eigenvalue weighted by molar-refractivity contribution is 0.669. The molecule has 0 bridgehead atoms. The number of fused-ring (bicyclic) bond motifs is 10. The number of para-hydroxylation sites is 4. The van der Waals surface area contributed by atoms with Gasteiger partial charge in [0.05, 0.1) is 16.7 Å². The molecular formula is C46H28N2OS. The Labute approximate surface area is 291 Å². The van der Waals surface area contributed by atoms with Gasteiger partial charge >= 0.3 is 0 Å². The van der Waals surface area contributed by atoms with Crippen LogP contribution in [0.5, 0.6) is 0 Å². The maximum absolute atomic E-state index is 6.67. The molecule has 11 aromatic rings. The van der Waals surface area contributed by atoms with Gasteiger partial charge in [-0.15, -0.1) is 11.3 Å². The summed E-state index contributed by atoms with van der Waals surface area (Å²) in [6.07, 6.45) is 0. The zero-order chi connectivity index (χ0) is 32.8. The molecule has 0 aliphatic carbocycles. The monoisotopic (exact) mass is 656 g/mol. The zero-order valence-electron chi connectivity index (χ0n) is 26.9. The molecule has 8 aromatic carbocycles. The van der Waals surface area contributed by atoms with E-state index in [4.69, 9.17) is 4.42 Å². The predicted octanol–water partition coefficient (Wildman–Crippen LogP) is 13.7. The summed E-state index contributed by atoms with van der Waals surface area (Å²) in [5.74, 6) is 0. The molecule has 3 nitrogen and oxygen atoms in total. The van der Waals surface area contributed by atoms with E-state index >= 15 is 0 Å². The average molecular weight is 657 g/mol. The molecule has 0 radical (unpaired) electrons. The van der Waals surface area contributed by atoms with Crippen LogP contribution >= 0.6 is 11.3 Å².